The van der Waals surface area contributed by atoms with Crippen LogP contribution in [0.3, 0.4) is 0 Å². The molecule has 3 aromatic rings. The van der Waals surface area contributed by atoms with E-state index < -0.39 is 0 Å². The van der Waals surface area contributed by atoms with E-state index in [4.69, 9.17) is 0 Å². The third-order valence-corrected chi connectivity index (χ3v) is 5.19. The van der Waals surface area contributed by atoms with Gasteiger partial charge in [0, 0.05) is 35.6 Å². The summed E-state index contributed by atoms with van der Waals surface area (Å²) in [6, 6.07) is 9.68. The summed E-state index contributed by atoms with van der Waals surface area (Å²) in [5.41, 5.74) is 1.52. The molecule has 0 bridgehead atoms. The van der Waals surface area contributed by atoms with Gasteiger partial charge in [0.2, 0.25) is 5.91 Å². The minimum Gasteiger partial charge on any atom is -0.351 e. The third-order valence-electron chi connectivity index (χ3n) is 4.50. The summed E-state index contributed by atoms with van der Waals surface area (Å²) < 4.78 is 0. The number of hydrogen-bond donors (Lipinski definition) is 2. The second-order valence-electron chi connectivity index (χ2n) is 6.19. The maximum Gasteiger partial charge on any atom is 0.270 e. The van der Waals surface area contributed by atoms with Gasteiger partial charge in [-0.05, 0) is 25.0 Å². The van der Waals surface area contributed by atoms with Crippen LogP contribution in [0.2, 0.25) is 0 Å². The van der Waals surface area contributed by atoms with Crippen molar-refractivity contribution in [2.24, 2.45) is 5.92 Å². The number of para-hydroxylation sites is 1. The van der Waals surface area contributed by atoms with E-state index in [1.807, 2.05) is 35.7 Å². The van der Waals surface area contributed by atoms with Crippen LogP contribution in [0.25, 0.3) is 10.9 Å². The van der Waals surface area contributed by atoms with E-state index in [1.54, 1.807) is 11.1 Å². The Bertz CT molecular complexity index is 870. The number of fused-ring (bicyclic) bond motifs is 1. The number of likely N-dealkylation sites (tertiary alicyclic amines) is 1. The molecule has 7 heteroatoms. The Labute approximate surface area is 148 Å². The second kappa shape index (κ2) is 6.68. The summed E-state index contributed by atoms with van der Waals surface area (Å²) in [7, 11) is 0. The topological polar surface area (TPSA) is 78.1 Å². The van der Waals surface area contributed by atoms with E-state index in [9.17, 15) is 9.59 Å². The van der Waals surface area contributed by atoms with Gasteiger partial charge in [-0.1, -0.05) is 18.2 Å². The Hall–Kier alpha value is -2.67. The molecule has 1 saturated heterocycles. The molecule has 128 valence electrons. The number of anilines is 1. The lowest BCUT2D eigenvalue weighted by Crippen LogP contribution is -2.43. The van der Waals surface area contributed by atoms with Crippen LogP contribution in [0.5, 0.6) is 0 Å². The van der Waals surface area contributed by atoms with Gasteiger partial charge in [0.15, 0.2) is 5.13 Å². The van der Waals surface area contributed by atoms with Crippen molar-refractivity contribution in [1.82, 2.24) is 14.9 Å². The van der Waals surface area contributed by atoms with Gasteiger partial charge < -0.3 is 15.2 Å². The van der Waals surface area contributed by atoms with Crippen LogP contribution < -0.4 is 5.32 Å². The lowest BCUT2D eigenvalue weighted by Gasteiger charge is -2.31. The summed E-state index contributed by atoms with van der Waals surface area (Å²) in [6.45, 7) is 1.11. The summed E-state index contributed by atoms with van der Waals surface area (Å²) in [5.74, 6) is -0.321. The number of carbonyl (C=O) groups is 2. The molecule has 3 heterocycles. The van der Waals surface area contributed by atoms with Gasteiger partial charge in [-0.3, -0.25) is 9.59 Å². The van der Waals surface area contributed by atoms with Gasteiger partial charge in [0.1, 0.15) is 5.69 Å². The number of aromatic amines is 1. The molecule has 0 saturated carbocycles. The molecule has 2 N–H and O–H groups in total. The van der Waals surface area contributed by atoms with E-state index >= 15 is 0 Å². The first-order valence-electron chi connectivity index (χ1n) is 8.28. The van der Waals surface area contributed by atoms with Crippen LogP contribution in [-0.4, -0.2) is 39.8 Å². The maximum absolute atomic E-state index is 12.8. The van der Waals surface area contributed by atoms with Crippen molar-refractivity contribution in [1.29, 1.82) is 0 Å². The Morgan fingerprint density at radius 1 is 1.32 bits per heavy atom. The van der Waals surface area contributed by atoms with Crippen molar-refractivity contribution in [2.75, 3.05) is 18.4 Å². The van der Waals surface area contributed by atoms with Crippen LogP contribution in [0.15, 0.2) is 41.9 Å². The zero-order valence-corrected chi connectivity index (χ0v) is 14.4. The average Bonchev–Trinajstić information content (AvgIpc) is 3.30. The minimum absolute atomic E-state index is 0.0528. The minimum atomic E-state index is -0.203. The highest BCUT2D eigenvalue weighted by Crippen LogP contribution is 2.22. The predicted octanol–water partition coefficient (Wildman–Crippen LogP) is 3.12. The molecule has 1 atom stereocenters. The SMILES string of the molecule is O=C(Nc1nccs1)[C@@H]1CCCN(C(=O)c2cc3ccccc3[nH]2)C1. The highest BCUT2D eigenvalue weighted by Gasteiger charge is 2.29. The van der Waals surface area contributed by atoms with E-state index in [2.05, 4.69) is 15.3 Å². The van der Waals surface area contributed by atoms with Gasteiger partial charge in [0.25, 0.3) is 5.91 Å². The molecule has 1 aromatic carbocycles. The molecule has 6 nitrogen and oxygen atoms in total. The number of hydrogen-bond acceptors (Lipinski definition) is 4. The fourth-order valence-electron chi connectivity index (χ4n) is 3.23. The normalized spacial score (nSPS) is 17.6. The van der Waals surface area contributed by atoms with Crippen LogP contribution in [0.1, 0.15) is 23.3 Å². The number of rotatable bonds is 3. The van der Waals surface area contributed by atoms with Crippen LogP contribution in [0, 0.1) is 5.92 Å². The molecule has 0 aliphatic carbocycles. The lowest BCUT2D eigenvalue weighted by molar-refractivity contribution is -0.121. The monoisotopic (exact) mass is 354 g/mol. The smallest absolute Gasteiger partial charge is 0.270 e. The summed E-state index contributed by atoms with van der Waals surface area (Å²) >= 11 is 1.39. The van der Waals surface area contributed by atoms with Crippen molar-refractivity contribution in [3.63, 3.8) is 0 Å². The largest absolute Gasteiger partial charge is 0.351 e. The molecule has 1 aliphatic heterocycles. The highest BCUT2D eigenvalue weighted by atomic mass is 32.1. The number of carbonyl (C=O) groups excluding carboxylic acids is 2. The number of piperidine rings is 1. The Morgan fingerprint density at radius 3 is 3.00 bits per heavy atom. The van der Waals surface area contributed by atoms with Crippen molar-refractivity contribution in [3.8, 4) is 0 Å². The summed E-state index contributed by atoms with van der Waals surface area (Å²) in [4.78, 5) is 34.2. The number of thiazole rings is 1. The molecule has 25 heavy (non-hydrogen) atoms. The number of amides is 2. The van der Waals surface area contributed by atoms with E-state index in [-0.39, 0.29) is 17.7 Å². The van der Waals surface area contributed by atoms with Gasteiger partial charge in [-0.25, -0.2) is 4.98 Å². The Morgan fingerprint density at radius 2 is 2.20 bits per heavy atom. The zero-order chi connectivity index (χ0) is 17.2. The molecular weight excluding hydrogens is 336 g/mol. The van der Waals surface area contributed by atoms with Gasteiger partial charge in [-0.2, -0.15) is 0 Å². The van der Waals surface area contributed by atoms with Crippen molar-refractivity contribution < 1.29 is 9.59 Å². The second-order valence-corrected chi connectivity index (χ2v) is 7.08. The van der Waals surface area contributed by atoms with Gasteiger partial charge in [0.05, 0.1) is 5.92 Å². The zero-order valence-electron chi connectivity index (χ0n) is 13.6. The van der Waals surface area contributed by atoms with Crippen LogP contribution in [0.4, 0.5) is 5.13 Å². The highest BCUT2D eigenvalue weighted by molar-refractivity contribution is 7.13. The molecule has 0 unspecified atom stereocenters. The third kappa shape index (κ3) is 3.28. The first kappa shape index (κ1) is 15.8. The maximum atomic E-state index is 12.8. The lowest BCUT2D eigenvalue weighted by atomic mass is 9.97. The number of nitrogens with one attached hydrogen (secondary N) is 2. The van der Waals surface area contributed by atoms with Crippen molar-refractivity contribution in [3.05, 3.63) is 47.6 Å². The molecule has 1 aliphatic rings. The van der Waals surface area contributed by atoms with Crippen molar-refractivity contribution in [2.45, 2.75) is 12.8 Å². The quantitative estimate of drug-likeness (QED) is 0.758. The fraction of sp³-hybridized carbons (Fsp3) is 0.278. The van der Waals surface area contributed by atoms with Gasteiger partial charge >= 0.3 is 0 Å². The molecule has 2 aromatic heterocycles. The van der Waals surface area contributed by atoms with E-state index in [1.165, 1.54) is 11.3 Å². The Kier molecular flexibility index (Phi) is 4.23. The number of benzene rings is 1. The molecule has 0 spiro atoms. The molecule has 4 rings (SSSR count). The fourth-order valence-corrected chi connectivity index (χ4v) is 3.76. The first-order valence-corrected chi connectivity index (χ1v) is 9.16. The van der Waals surface area contributed by atoms with E-state index in [0.717, 1.165) is 23.7 Å². The summed E-state index contributed by atoms with van der Waals surface area (Å²) in [6.07, 6.45) is 3.27. The van der Waals surface area contributed by atoms with Crippen LogP contribution >= 0.6 is 11.3 Å². The van der Waals surface area contributed by atoms with Gasteiger partial charge in [-0.15, -0.1) is 11.3 Å². The molecule has 1 fully saturated rings. The summed E-state index contributed by atoms with van der Waals surface area (Å²) in [5, 5.41) is 6.27. The standard InChI is InChI=1S/C18H18N4O2S/c23-16(21-18-19-7-9-25-18)13-5-3-8-22(11-13)17(24)15-10-12-4-1-2-6-14(12)20-15/h1-2,4,6-7,9-10,13,20H,3,5,8,11H2,(H,19,21,23)/t13-/m1/s1. The van der Waals surface area contributed by atoms with Crippen molar-refractivity contribution >= 4 is 39.2 Å². The van der Waals surface area contributed by atoms with Crippen LogP contribution in [-0.2, 0) is 4.79 Å². The average molecular weight is 354 g/mol. The van der Waals surface area contributed by atoms with E-state index in [0.29, 0.717) is 23.9 Å². The predicted molar refractivity (Wildman–Crippen MR) is 97.7 cm³/mol. The molecule has 0 radical (unpaired) electrons. The number of aromatic nitrogens is 2. The molecule has 2 amide bonds. The number of nitrogens with zero attached hydrogens (tertiary/aromatic N) is 2. The Balaban J connectivity index is 1.46. The first-order chi connectivity index (χ1) is 12.2. The number of H-pyrrole nitrogens is 1. The molecular formula is C18H18N4O2S.